The number of phenolic OH excluding ortho intramolecular Hbond substituents is 2. The number of rotatable bonds is 26. The van der Waals surface area contributed by atoms with Gasteiger partial charge in [-0.25, -0.2) is 4.79 Å². The molecule has 22 nitrogen and oxygen atoms in total. The Morgan fingerprint density at radius 3 is 2.27 bits per heavy atom. The summed E-state index contributed by atoms with van der Waals surface area (Å²) in [5, 5.41) is 67.7. The van der Waals surface area contributed by atoms with Crippen LogP contribution in [0.3, 0.4) is 0 Å². The summed E-state index contributed by atoms with van der Waals surface area (Å²) in [5.74, 6) is -3.65. The second kappa shape index (κ2) is 24.6. The Balaban J connectivity index is 0.784. The molecule has 9 N–H and O–H groups in total. The van der Waals surface area contributed by atoms with Crippen molar-refractivity contribution in [2.45, 2.75) is 112 Å². The number of fused-ring (bicyclic) bond motifs is 4. The normalized spacial score (nSPS) is 26.4. The van der Waals surface area contributed by atoms with Gasteiger partial charge in [0.05, 0.1) is 107 Å². The van der Waals surface area contributed by atoms with Crippen LogP contribution in [0.5, 0.6) is 17.2 Å². The minimum absolute atomic E-state index is 0.0158. The van der Waals surface area contributed by atoms with Crippen molar-refractivity contribution in [3.8, 4) is 17.2 Å². The Morgan fingerprint density at radius 2 is 1.56 bits per heavy atom. The zero-order chi connectivity index (χ0) is 50.8. The van der Waals surface area contributed by atoms with Crippen LogP contribution < -0.4 is 26.0 Å². The molecule has 2 aliphatic carbocycles. The zero-order valence-corrected chi connectivity index (χ0v) is 40.6. The van der Waals surface area contributed by atoms with E-state index in [2.05, 4.69) is 21.3 Å². The Morgan fingerprint density at radius 1 is 0.873 bits per heavy atom. The number of phenols is 2. The van der Waals surface area contributed by atoms with E-state index in [0.717, 1.165) is 25.0 Å². The molecule has 9 atom stereocenters. The predicted octanol–water partition coefficient (Wildman–Crippen LogP) is 0.457. The van der Waals surface area contributed by atoms with Gasteiger partial charge in [-0.15, -0.1) is 0 Å². The molecule has 23 heteroatoms. The number of aliphatic hydroxyl groups excluding tert-OH is 2. The highest BCUT2D eigenvalue weighted by molar-refractivity contribution is 8.00. The van der Waals surface area contributed by atoms with Crippen molar-refractivity contribution in [1.82, 2.24) is 21.3 Å². The van der Waals surface area contributed by atoms with E-state index in [9.17, 15) is 54.3 Å². The Hall–Kier alpha value is -4.95. The lowest BCUT2D eigenvalue weighted by Gasteiger charge is -2.43. The summed E-state index contributed by atoms with van der Waals surface area (Å²) in [6.07, 6.45) is -3.14. The molecule has 3 heterocycles. The van der Waals surface area contributed by atoms with E-state index in [4.69, 9.17) is 33.2 Å². The first-order valence-electron chi connectivity index (χ1n) is 23.9. The number of urea groups is 1. The van der Waals surface area contributed by atoms with Crippen molar-refractivity contribution in [1.29, 1.82) is 0 Å². The van der Waals surface area contributed by atoms with Crippen molar-refractivity contribution in [3.05, 3.63) is 51.6 Å². The summed E-state index contributed by atoms with van der Waals surface area (Å²) in [4.78, 5) is 77.4. The maximum atomic E-state index is 14.0. The molecule has 390 valence electrons. The number of hydrogen-bond donors (Lipinski definition) is 9. The lowest BCUT2D eigenvalue weighted by molar-refractivity contribution is -0.249. The van der Waals surface area contributed by atoms with Gasteiger partial charge < -0.3 is 80.0 Å². The molecule has 0 saturated carbocycles. The van der Waals surface area contributed by atoms with Crippen molar-refractivity contribution < 1.29 is 87.5 Å². The molecule has 71 heavy (non-hydrogen) atoms. The van der Waals surface area contributed by atoms with E-state index < -0.39 is 102 Å². The number of methoxy groups -OCH3 is 1. The summed E-state index contributed by atoms with van der Waals surface area (Å²) in [6, 6.07) is 3.68. The SMILES string of the molecule is COc1cccc2c1C(=O)c1c(O)c3c(c(O)c1C2=O)CC(O)(C(=O)CO)CC3OC1CC(NC(=O)CCOCCOCCOCCOCCNC(=O)CCCCC2SCC3NC(=O)NC32)C(O)C(C)O1. The minimum Gasteiger partial charge on any atom is -0.507 e. The van der Waals surface area contributed by atoms with Crippen LogP contribution in [-0.4, -0.2) is 187 Å². The number of aliphatic hydroxyl groups is 3. The predicted molar refractivity (Wildman–Crippen MR) is 251 cm³/mol. The number of ether oxygens (including phenoxy) is 7. The van der Waals surface area contributed by atoms with Gasteiger partial charge in [0.15, 0.2) is 17.9 Å². The van der Waals surface area contributed by atoms with E-state index in [1.165, 1.54) is 32.2 Å². The molecule has 0 radical (unpaired) electrons. The standard InChI is InChI=1S/C48H64N4O18S/c1-25-42(57)28(50-35(56)10-12-65-14-16-67-18-19-68-17-15-66-13-11-49-34(55)9-4-3-8-32-41-29(24-71-32)51-47(62)52-41)20-36(69-25)70-31-22-48(63,33(54)23-53)21-27-38(31)46(61)40-39(44(27)59)43(58)26-6-5-7-30(64-2)37(26)45(40)60/h5-7,25,28-29,31-32,36,41-42,53,57,59,61,63H,3-4,8-24H2,1-2H3,(H,49,55)(H,50,56)(H2,51,52,62). The number of Topliss-reactive ketones (excluding diaryl/α,β-unsaturated/α-hetero) is 1. The number of aromatic hydroxyl groups is 2. The average molecular weight is 1020 g/mol. The maximum Gasteiger partial charge on any atom is 0.315 e. The van der Waals surface area contributed by atoms with Crippen molar-refractivity contribution in [2.24, 2.45) is 0 Å². The van der Waals surface area contributed by atoms with Crippen LogP contribution in [0.4, 0.5) is 4.79 Å². The summed E-state index contributed by atoms with van der Waals surface area (Å²) in [5.41, 5.74) is -4.08. The first-order chi connectivity index (χ1) is 34.1. The third-order valence-corrected chi connectivity index (χ3v) is 14.9. The first kappa shape index (κ1) is 53.8. The van der Waals surface area contributed by atoms with Gasteiger partial charge in [0.25, 0.3) is 0 Å². The largest absolute Gasteiger partial charge is 0.507 e. The first-order valence-corrected chi connectivity index (χ1v) is 25.0. The molecule has 5 aliphatic rings. The number of unbranched alkanes of at least 4 members (excludes halogenated alkanes) is 1. The van der Waals surface area contributed by atoms with Crippen LogP contribution >= 0.6 is 11.8 Å². The van der Waals surface area contributed by atoms with Crippen LogP contribution in [0, 0.1) is 0 Å². The molecule has 3 fully saturated rings. The summed E-state index contributed by atoms with van der Waals surface area (Å²) < 4.78 is 39.6. The molecule has 3 aliphatic heterocycles. The van der Waals surface area contributed by atoms with E-state index in [-0.39, 0.29) is 84.7 Å². The third-order valence-electron chi connectivity index (χ3n) is 13.3. The monoisotopic (exact) mass is 1020 g/mol. The van der Waals surface area contributed by atoms with Gasteiger partial charge >= 0.3 is 6.03 Å². The fraction of sp³-hybridized carbons (Fsp3) is 0.625. The molecular formula is C48H64N4O18S. The topological polar surface area (TPSA) is 316 Å². The highest BCUT2D eigenvalue weighted by atomic mass is 32.2. The molecule has 4 amide bonds. The van der Waals surface area contributed by atoms with E-state index in [0.29, 0.717) is 51.2 Å². The Labute approximate surface area is 414 Å². The molecule has 0 spiro atoms. The molecule has 0 aromatic heterocycles. The minimum atomic E-state index is -2.35. The van der Waals surface area contributed by atoms with E-state index in [1.54, 1.807) is 0 Å². The average Bonchev–Trinajstić information content (AvgIpc) is 3.91. The molecule has 9 unspecified atom stereocenters. The van der Waals surface area contributed by atoms with E-state index >= 15 is 0 Å². The number of ketones is 3. The summed E-state index contributed by atoms with van der Waals surface area (Å²) in [6.45, 7) is 3.06. The maximum absolute atomic E-state index is 14.0. The molecule has 2 aromatic carbocycles. The fourth-order valence-electron chi connectivity index (χ4n) is 9.69. The smallest absolute Gasteiger partial charge is 0.315 e. The number of nitrogens with one attached hydrogen (secondary N) is 4. The number of carbonyl (C=O) groups excluding carboxylic acids is 6. The van der Waals surface area contributed by atoms with Crippen molar-refractivity contribution in [2.75, 3.05) is 78.9 Å². The lowest BCUT2D eigenvalue weighted by atomic mass is 9.72. The van der Waals surface area contributed by atoms with Crippen LogP contribution in [0.2, 0.25) is 0 Å². The fourth-order valence-corrected chi connectivity index (χ4v) is 11.2. The second-order valence-corrected chi connectivity index (χ2v) is 19.4. The summed E-state index contributed by atoms with van der Waals surface area (Å²) in [7, 11) is 1.31. The summed E-state index contributed by atoms with van der Waals surface area (Å²) >= 11 is 1.87. The Bertz CT molecular complexity index is 2280. The molecular weight excluding hydrogens is 953 g/mol. The van der Waals surface area contributed by atoms with Gasteiger partial charge in [-0.05, 0) is 25.8 Å². The van der Waals surface area contributed by atoms with Crippen LogP contribution in [0.25, 0.3) is 0 Å². The van der Waals surface area contributed by atoms with Gasteiger partial charge in [0, 0.05) is 66.3 Å². The lowest BCUT2D eigenvalue weighted by Crippen LogP contribution is -2.56. The number of thioether (sulfide) groups is 1. The Kier molecular flexibility index (Phi) is 18.7. The van der Waals surface area contributed by atoms with E-state index in [1.807, 2.05) is 11.8 Å². The van der Waals surface area contributed by atoms with Gasteiger partial charge in [0.2, 0.25) is 17.6 Å². The van der Waals surface area contributed by atoms with Crippen molar-refractivity contribution >= 4 is 47.0 Å². The molecule has 0 bridgehead atoms. The second-order valence-electron chi connectivity index (χ2n) is 18.1. The molecule has 2 aromatic rings. The number of carbonyl (C=O) groups is 6. The number of hydrogen-bond acceptors (Lipinski definition) is 19. The van der Waals surface area contributed by atoms with Gasteiger partial charge in [-0.3, -0.25) is 24.0 Å². The highest BCUT2D eigenvalue weighted by Gasteiger charge is 2.50. The van der Waals surface area contributed by atoms with Gasteiger partial charge in [-0.1, -0.05) is 18.6 Å². The number of amides is 4. The van der Waals surface area contributed by atoms with Crippen molar-refractivity contribution in [3.63, 3.8) is 0 Å². The van der Waals surface area contributed by atoms with Crippen LogP contribution in [0.15, 0.2) is 18.2 Å². The number of benzene rings is 2. The van der Waals surface area contributed by atoms with Crippen LogP contribution in [-0.2, 0) is 49.2 Å². The molecule has 3 saturated heterocycles. The molecule has 7 rings (SSSR count). The zero-order valence-electron chi connectivity index (χ0n) is 39.7. The quantitative estimate of drug-likeness (QED) is 0.0300. The highest BCUT2D eigenvalue weighted by Crippen LogP contribution is 2.52. The van der Waals surface area contributed by atoms with Gasteiger partial charge in [-0.2, -0.15) is 11.8 Å². The van der Waals surface area contributed by atoms with Crippen LogP contribution in [0.1, 0.15) is 101 Å². The third kappa shape index (κ3) is 12.6. The van der Waals surface area contributed by atoms with Gasteiger partial charge in [0.1, 0.15) is 35.6 Å².